The molecule has 1 N–H and O–H groups in total. The largest absolute Gasteiger partial charge is 0.497 e. The molecule has 0 radical (unpaired) electrons. The van der Waals surface area contributed by atoms with Gasteiger partial charge >= 0.3 is 0 Å². The van der Waals surface area contributed by atoms with Crippen LogP contribution in [0, 0.1) is 0 Å². The van der Waals surface area contributed by atoms with E-state index in [0.717, 1.165) is 15.2 Å². The first-order chi connectivity index (χ1) is 12.5. The summed E-state index contributed by atoms with van der Waals surface area (Å²) in [6.07, 6.45) is 0. The third-order valence-corrected chi connectivity index (χ3v) is 4.86. The van der Waals surface area contributed by atoms with Gasteiger partial charge in [-0.1, -0.05) is 52.3 Å². The lowest BCUT2D eigenvalue weighted by Crippen LogP contribution is -2.16. The molecule has 0 atom stereocenters. The lowest BCUT2D eigenvalue weighted by atomic mass is 9.97. The number of hydrogen-bond donors (Lipinski definition) is 1. The van der Waals surface area contributed by atoms with Crippen LogP contribution < -0.4 is 10.1 Å². The van der Waals surface area contributed by atoms with Gasteiger partial charge in [0.25, 0.3) is 0 Å². The second kappa shape index (κ2) is 7.89. The molecule has 26 heavy (non-hydrogen) atoms. The van der Waals surface area contributed by atoms with Crippen molar-refractivity contribution in [2.45, 2.75) is 0 Å². The Balaban J connectivity index is 2.21. The number of hydrogen-bond acceptors (Lipinski definition) is 3. The van der Waals surface area contributed by atoms with Crippen LogP contribution in [0.1, 0.15) is 15.9 Å². The van der Waals surface area contributed by atoms with Gasteiger partial charge in [-0.2, -0.15) is 0 Å². The van der Waals surface area contributed by atoms with E-state index in [0.29, 0.717) is 22.6 Å². The summed E-state index contributed by atoms with van der Waals surface area (Å²) in [4.78, 5) is 25.1. The van der Waals surface area contributed by atoms with Crippen molar-refractivity contribution in [3.8, 4) is 5.75 Å². The highest BCUT2D eigenvalue weighted by atomic mass is 79.9. The maximum Gasteiger partial charge on any atom is 0.239 e. The predicted molar refractivity (Wildman–Crippen MR) is 107 cm³/mol. The zero-order chi connectivity index (χ0) is 18.7. The second-order valence-electron chi connectivity index (χ2n) is 5.57. The summed E-state index contributed by atoms with van der Waals surface area (Å²) < 4.78 is 5.97. The van der Waals surface area contributed by atoms with E-state index in [-0.39, 0.29) is 17.6 Å². The zero-order valence-corrected chi connectivity index (χ0v) is 16.2. The highest BCUT2D eigenvalue weighted by Crippen LogP contribution is 2.35. The Morgan fingerprint density at radius 3 is 2.50 bits per heavy atom. The number of methoxy groups -OCH3 is 1. The Kier molecular flexibility index (Phi) is 5.59. The first kappa shape index (κ1) is 18.4. The summed E-state index contributed by atoms with van der Waals surface area (Å²) in [6.45, 7) is 0. The highest BCUT2D eigenvalue weighted by Gasteiger charge is 2.20. The standard InChI is InChI=1S/C20H15BrClNO3/c1-26-13-6-4-5-12(9-13)20(25)16-10-17(21)14-7-2-3-8-15(14)19(16)23-18(24)11-22/h2-10H,11H2,1H3,(H,23,24). The molecule has 0 spiro atoms. The molecule has 6 heteroatoms. The molecular weight excluding hydrogens is 418 g/mol. The van der Waals surface area contributed by atoms with Crippen LogP contribution in [0.4, 0.5) is 5.69 Å². The summed E-state index contributed by atoms with van der Waals surface area (Å²) in [5.41, 5.74) is 1.29. The Morgan fingerprint density at radius 1 is 1.08 bits per heavy atom. The number of ketones is 1. The van der Waals surface area contributed by atoms with Crippen molar-refractivity contribution >= 4 is 55.7 Å². The van der Waals surface area contributed by atoms with Gasteiger partial charge in [0.15, 0.2) is 5.78 Å². The van der Waals surface area contributed by atoms with Gasteiger partial charge < -0.3 is 10.1 Å². The number of anilines is 1. The van der Waals surface area contributed by atoms with Gasteiger partial charge in [-0.05, 0) is 23.6 Å². The molecule has 3 aromatic carbocycles. The van der Waals surface area contributed by atoms with Crippen molar-refractivity contribution in [1.82, 2.24) is 0 Å². The summed E-state index contributed by atoms with van der Waals surface area (Å²) >= 11 is 9.17. The van der Waals surface area contributed by atoms with Crippen LogP contribution in [0.3, 0.4) is 0 Å². The quantitative estimate of drug-likeness (QED) is 0.455. The molecule has 0 bridgehead atoms. The molecule has 0 fully saturated rings. The highest BCUT2D eigenvalue weighted by molar-refractivity contribution is 9.10. The molecule has 4 nitrogen and oxygen atoms in total. The number of halogens is 2. The number of ether oxygens (including phenoxy) is 1. The van der Waals surface area contributed by atoms with Crippen molar-refractivity contribution < 1.29 is 14.3 Å². The molecule has 0 heterocycles. The molecule has 0 saturated heterocycles. The molecule has 0 saturated carbocycles. The number of nitrogens with one attached hydrogen (secondary N) is 1. The van der Waals surface area contributed by atoms with Crippen LogP contribution in [0.15, 0.2) is 59.1 Å². The summed E-state index contributed by atoms with van der Waals surface area (Å²) in [7, 11) is 1.54. The number of carbonyl (C=O) groups excluding carboxylic acids is 2. The fraction of sp³-hybridized carbons (Fsp3) is 0.100. The number of rotatable bonds is 5. The predicted octanol–water partition coefficient (Wildman–Crippen LogP) is 5.02. The summed E-state index contributed by atoms with van der Waals surface area (Å²) in [5.74, 6) is -0.210. The Labute approximate surface area is 164 Å². The monoisotopic (exact) mass is 431 g/mol. The van der Waals surface area contributed by atoms with E-state index in [1.54, 1.807) is 37.4 Å². The van der Waals surface area contributed by atoms with Crippen LogP contribution >= 0.6 is 27.5 Å². The average molecular weight is 433 g/mol. The van der Waals surface area contributed by atoms with Gasteiger partial charge in [-0.3, -0.25) is 9.59 Å². The lowest BCUT2D eigenvalue weighted by Gasteiger charge is -2.15. The van der Waals surface area contributed by atoms with Gasteiger partial charge in [0, 0.05) is 21.0 Å². The molecule has 1 amide bonds. The van der Waals surface area contributed by atoms with E-state index in [2.05, 4.69) is 21.2 Å². The first-order valence-electron chi connectivity index (χ1n) is 7.81. The maximum atomic E-state index is 13.1. The molecule has 3 rings (SSSR count). The van der Waals surface area contributed by atoms with Gasteiger partial charge in [0.2, 0.25) is 5.91 Å². The van der Waals surface area contributed by atoms with E-state index in [4.69, 9.17) is 16.3 Å². The Morgan fingerprint density at radius 2 is 1.81 bits per heavy atom. The topological polar surface area (TPSA) is 55.4 Å². The Bertz CT molecular complexity index is 1000. The van der Waals surface area contributed by atoms with Gasteiger partial charge in [0.1, 0.15) is 11.6 Å². The normalized spacial score (nSPS) is 10.6. The van der Waals surface area contributed by atoms with E-state index in [1.165, 1.54) is 0 Å². The minimum Gasteiger partial charge on any atom is -0.497 e. The SMILES string of the molecule is COc1cccc(C(=O)c2cc(Br)c3ccccc3c2NC(=O)CCl)c1. The average Bonchev–Trinajstić information content (AvgIpc) is 2.69. The van der Waals surface area contributed by atoms with Gasteiger partial charge in [0.05, 0.1) is 12.8 Å². The third kappa shape index (κ3) is 3.59. The molecule has 0 unspecified atom stereocenters. The summed E-state index contributed by atoms with van der Waals surface area (Å²) in [5, 5.41) is 4.41. The zero-order valence-electron chi connectivity index (χ0n) is 13.9. The Hall–Kier alpha value is -2.37. The first-order valence-corrected chi connectivity index (χ1v) is 9.13. The van der Waals surface area contributed by atoms with Crippen molar-refractivity contribution in [3.05, 3.63) is 70.2 Å². The van der Waals surface area contributed by atoms with Crippen molar-refractivity contribution in [2.24, 2.45) is 0 Å². The molecule has 0 aliphatic heterocycles. The molecule has 0 aliphatic rings. The molecule has 0 aromatic heterocycles. The van der Waals surface area contributed by atoms with Crippen LogP contribution in [0.2, 0.25) is 0 Å². The fourth-order valence-electron chi connectivity index (χ4n) is 2.74. The number of amides is 1. The minimum absolute atomic E-state index is 0.197. The van der Waals surface area contributed by atoms with E-state index < -0.39 is 0 Å². The van der Waals surface area contributed by atoms with Crippen molar-refractivity contribution in [1.29, 1.82) is 0 Å². The molecule has 0 aliphatic carbocycles. The van der Waals surface area contributed by atoms with Crippen LogP contribution in [-0.2, 0) is 4.79 Å². The van der Waals surface area contributed by atoms with E-state index in [9.17, 15) is 9.59 Å². The molecular formula is C20H15BrClNO3. The van der Waals surface area contributed by atoms with Crippen molar-refractivity contribution in [3.63, 3.8) is 0 Å². The lowest BCUT2D eigenvalue weighted by molar-refractivity contribution is -0.113. The third-order valence-electron chi connectivity index (χ3n) is 3.96. The van der Waals surface area contributed by atoms with Gasteiger partial charge in [-0.25, -0.2) is 0 Å². The number of benzene rings is 3. The molecule has 3 aromatic rings. The molecule has 132 valence electrons. The van der Waals surface area contributed by atoms with E-state index >= 15 is 0 Å². The number of fused-ring (bicyclic) bond motifs is 1. The van der Waals surface area contributed by atoms with Crippen molar-refractivity contribution in [2.75, 3.05) is 18.3 Å². The smallest absolute Gasteiger partial charge is 0.239 e. The number of carbonyl (C=O) groups is 2. The van der Waals surface area contributed by atoms with Crippen LogP contribution in [0.25, 0.3) is 10.8 Å². The summed E-state index contributed by atoms with van der Waals surface area (Å²) in [6, 6.07) is 16.1. The van der Waals surface area contributed by atoms with Crippen LogP contribution in [0.5, 0.6) is 5.75 Å². The van der Waals surface area contributed by atoms with Crippen LogP contribution in [-0.4, -0.2) is 24.7 Å². The minimum atomic E-state index is -0.376. The fourth-order valence-corrected chi connectivity index (χ4v) is 3.38. The van der Waals surface area contributed by atoms with E-state index in [1.807, 2.05) is 24.3 Å². The second-order valence-corrected chi connectivity index (χ2v) is 6.69. The maximum absolute atomic E-state index is 13.1. The number of alkyl halides is 1. The van der Waals surface area contributed by atoms with Gasteiger partial charge in [-0.15, -0.1) is 11.6 Å².